The number of aryl methyl sites for hydroxylation is 2. The van der Waals surface area contributed by atoms with E-state index >= 15 is 0 Å². The maximum atomic E-state index is 12.9. The number of nitrogens with one attached hydrogen (secondary N) is 2. The Bertz CT molecular complexity index is 1380. The van der Waals surface area contributed by atoms with E-state index in [0.717, 1.165) is 17.4 Å². The molecule has 1 atom stereocenters. The topological polar surface area (TPSA) is 109 Å². The van der Waals surface area contributed by atoms with Gasteiger partial charge in [0.15, 0.2) is 9.84 Å². The van der Waals surface area contributed by atoms with Crippen molar-refractivity contribution in [3.05, 3.63) is 89.0 Å². The number of sulfone groups is 1. The lowest BCUT2D eigenvalue weighted by Crippen LogP contribution is -2.27. The van der Waals surface area contributed by atoms with Gasteiger partial charge < -0.3 is 5.32 Å². The van der Waals surface area contributed by atoms with Gasteiger partial charge in [0.1, 0.15) is 0 Å². The van der Waals surface area contributed by atoms with Crippen molar-refractivity contribution in [3.8, 4) is 0 Å². The second-order valence-corrected chi connectivity index (χ2v) is 11.7. The maximum Gasteiger partial charge on any atom is 0.262 e. The summed E-state index contributed by atoms with van der Waals surface area (Å²) in [4.78, 5) is 13.0. The molecule has 0 aliphatic heterocycles. The first-order chi connectivity index (χ1) is 15.4. The van der Waals surface area contributed by atoms with Crippen LogP contribution in [-0.2, 0) is 19.9 Å². The van der Waals surface area contributed by atoms with Crippen LogP contribution in [0.15, 0.2) is 76.5 Å². The summed E-state index contributed by atoms with van der Waals surface area (Å²) in [5.74, 6) is -0.443. The molecule has 9 heteroatoms. The second-order valence-electron chi connectivity index (χ2n) is 7.99. The zero-order valence-electron chi connectivity index (χ0n) is 18.8. The predicted molar refractivity (Wildman–Crippen MR) is 129 cm³/mol. The molecule has 1 amide bonds. The Balaban J connectivity index is 1.80. The molecular formula is C24H26N2O5S2. The van der Waals surface area contributed by atoms with E-state index in [-0.39, 0.29) is 15.4 Å². The molecule has 1 unspecified atom stereocenters. The van der Waals surface area contributed by atoms with Crippen molar-refractivity contribution in [3.63, 3.8) is 0 Å². The summed E-state index contributed by atoms with van der Waals surface area (Å²) in [5, 5.41) is 2.82. The fourth-order valence-electron chi connectivity index (χ4n) is 3.23. The van der Waals surface area contributed by atoms with Crippen LogP contribution in [0.3, 0.4) is 0 Å². The third-order valence-electron chi connectivity index (χ3n) is 5.20. The largest absolute Gasteiger partial charge is 0.346 e. The third kappa shape index (κ3) is 6.00. The zero-order valence-corrected chi connectivity index (χ0v) is 20.4. The molecule has 0 spiro atoms. The van der Waals surface area contributed by atoms with Crippen molar-refractivity contribution >= 4 is 31.5 Å². The minimum Gasteiger partial charge on any atom is -0.346 e. The highest BCUT2D eigenvalue weighted by Crippen LogP contribution is 2.22. The van der Waals surface area contributed by atoms with E-state index in [1.807, 2.05) is 6.92 Å². The molecule has 2 N–H and O–H groups in total. The van der Waals surface area contributed by atoms with Crippen molar-refractivity contribution in [1.82, 2.24) is 5.32 Å². The highest BCUT2D eigenvalue weighted by Gasteiger charge is 2.20. The SMILES string of the molecule is Cc1ccc(NS(=O)(=O)c2cc(C(=O)NC(C)c3ccc(S(C)(=O)=O)cc3)ccc2C)cc1. The summed E-state index contributed by atoms with van der Waals surface area (Å²) >= 11 is 0. The normalized spacial score (nSPS) is 12.7. The van der Waals surface area contributed by atoms with Crippen molar-refractivity contribution in [2.75, 3.05) is 11.0 Å². The van der Waals surface area contributed by atoms with Gasteiger partial charge in [-0.1, -0.05) is 35.9 Å². The molecule has 174 valence electrons. The molecule has 3 aromatic carbocycles. The summed E-state index contributed by atoms with van der Waals surface area (Å²) in [5.41, 5.74) is 2.87. The van der Waals surface area contributed by atoms with Gasteiger partial charge in [0.2, 0.25) is 0 Å². The van der Waals surface area contributed by atoms with Crippen molar-refractivity contribution in [2.45, 2.75) is 36.6 Å². The standard InChI is InChI=1S/C24H26N2O5S2/c1-16-5-11-21(12-6-16)26-33(30,31)23-15-20(8-7-17(23)2)24(27)25-18(3)19-9-13-22(14-10-19)32(4,28)29/h5-15,18,26H,1-4H3,(H,25,27). The van der Waals surface area contributed by atoms with Gasteiger partial charge in [0, 0.05) is 17.5 Å². The quantitative estimate of drug-likeness (QED) is 0.525. The Morgan fingerprint density at radius 2 is 1.45 bits per heavy atom. The maximum absolute atomic E-state index is 12.9. The van der Waals surface area contributed by atoms with Crippen molar-refractivity contribution in [1.29, 1.82) is 0 Å². The van der Waals surface area contributed by atoms with Gasteiger partial charge in [-0.2, -0.15) is 0 Å². The fraction of sp³-hybridized carbons (Fsp3) is 0.208. The van der Waals surface area contributed by atoms with Crippen LogP contribution in [0.1, 0.15) is 40.0 Å². The van der Waals surface area contributed by atoms with E-state index in [2.05, 4.69) is 10.0 Å². The summed E-state index contributed by atoms with van der Waals surface area (Å²) < 4.78 is 51.7. The van der Waals surface area contributed by atoms with E-state index in [1.165, 1.54) is 18.2 Å². The van der Waals surface area contributed by atoms with E-state index in [9.17, 15) is 21.6 Å². The first-order valence-electron chi connectivity index (χ1n) is 10.2. The molecular weight excluding hydrogens is 460 g/mol. The van der Waals surface area contributed by atoms with Gasteiger partial charge in [-0.15, -0.1) is 0 Å². The van der Waals surface area contributed by atoms with Crippen LogP contribution >= 0.6 is 0 Å². The van der Waals surface area contributed by atoms with Gasteiger partial charge in [-0.25, -0.2) is 16.8 Å². The van der Waals surface area contributed by atoms with E-state index in [1.54, 1.807) is 62.4 Å². The molecule has 0 radical (unpaired) electrons. The van der Waals surface area contributed by atoms with E-state index in [0.29, 0.717) is 11.3 Å². The number of carbonyl (C=O) groups is 1. The summed E-state index contributed by atoms with van der Waals surface area (Å²) in [6.07, 6.45) is 1.13. The number of hydrogen-bond acceptors (Lipinski definition) is 5. The molecule has 3 aromatic rings. The molecule has 0 heterocycles. The molecule has 0 aliphatic rings. The lowest BCUT2D eigenvalue weighted by molar-refractivity contribution is 0.0939. The molecule has 33 heavy (non-hydrogen) atoms. The fourth-order valence-corrected chi connectivity index (χ4v) is 5.19. The van der Waals surface area contributed by atoms with Crippen LogP contribution < -0.4 is 10.0 Å². The predicted octanol–water partition coefficient (Wildman–Crippen LogP) is 4.00. The van der Waals surface area contributed by atoms with Crippen molar-refractivity contribution in [2.24, 2.45) is 0 Å². The summed E-state index contributed by atoms with van der Waals surface area (Å²) in [6, 6.07) is 17.3. The Kier molecular flexibility index (Phi) is 6.94. The number of anilines is 1. The number of hydrogen-bond donors (Lipinski definition) is 2. The van der Waals surface area contributed by atoms with E-state index in [4.69, 9.17) is 0 Å². The summed E-state index contributed by atoms with van der Waals surface area (Å²) in [6.45, 7) is 5.33. The second kappa shape index (κ2) is 9.36. The minimum absolute atomic E-state index is 0.0147. The molecule has 0 aliphatic carbocycles. The van der Waals surface area contributed by atoms with Crippen LogP contribution in [0, 0.1) is 13.8 Å². The molecule has 7 nitrogen and oxygen atoms in total. The highest BCUT2D eigenvalue weighted by molar-refractivity contribution is 7.92. The average Bonchev–Trinajstić information content (AvgIpc) is 2.74. The molecule has 0 fully saturated rings. The Labute approximate surface area is 194 Å². The lowest BCUT2D eigenvalue weighted by Gasteiger charge is -2.16. The molecule has 0 saturated carbocycles. The van der Waals surface area contributed by atoms with Gasteiger partial charge in [-0.05, 0) is 68.3 Å². The Morgan fingerprint density at radius 3 is 2.03 bits per heavy atom. The van der Waals surface area contributed by atoms with Crippen molar-refractivity contribution < 1.29 is 21.6 Å². The Morgan fingerprint density at radius 1 is 0.848 bits per heavy atom. The van der Waals surface area contributed by atoms with Gasteiger partial charge in [0.05, 0.1) is 15.8 Å². The smallest absolute Gasteiger partial charge is 0.262 e. The van der Waals surface area contributed by atoms with E-state index < -0.39 is 31.8 Å². The monoisotopic (exact) mass is 486 g/mol. The summed E-state index contributed by atoms with van der Waals surface area (Å²) in [7, 11) is -7.21. The average molecular weight is 487 g/mol. The van der Waals surface area contributed by atoms with Gasteiger partial charge >= 0.3 is 0 Å². The first-order valence-corrected chi connectivity index (χ1v) is 13.6. The number of amides is 1. The van der Waals surface area contributed by atoms with Gasteiger partial charge in [0.25, 0.3) is 15.9 Å². The van der Waals surface area contributed by atoms with Crippen LogP contribution in [0.4, 0.5) is 5.69 Å². The molecule has 0 saturated heterocycles. The number of sulfonamides is 1. The number of rotatable bonds is 7. The Hall–Kier alpha value is -3.17. The molecule has 3 rings (SSSR count). The van der Waals surface area contributed by atoms with Crippen LogP contribution in [0.25, 0.3) is 0 Å². The first kappa shape index (κ1) is 24.5. The minimum atomic E-state index is -3.90. The third-order valence-corrected chi connectivity index (χ3v) is 7.85. The molecule has 0 aromatic heterocycles. The number of carbonyl (C=O) groups excluding carboxylic acids is 1. The van der Waals surface area contributed by atoms with Crippen LogP contribution in [0.2, 0.25) is 0 Å². The molecule has 0 bridgehead atoms. The van der Waals surface area contributed by atoms with Crippen LogP contribution in [0.5, 0.6) is 0 Å². The number of benzene rings is 3. The lowest BCUT2D eigenvalue weighted by atomic mass is 10.1. The zero-order chi connectivity index (χ0) is 24.4. The van der Waals surface area contributed by atoms with Crippen LogP contribution in [-0.4, -0.2) is 29.0 Å². The highest BCUT2D eigenvalue weighted by atomic mass is 32.2. The van der Waals surface area contributed by atoms with Gasteiger partial charge in [-0.3, -0.25) is 9.52 Å².